The lowest BCUT2D eigenvalue weighted by atomic mass is 9.44. The molecule has 5 N–H and O–H groups in total. The topological polar surface area (TPSA) is 82.4 Å². The lowest BCUT2D eigenvalue weighted by molar-refractivity contribution is -0.131. The van der Waals surface area contributed by atoms with Crippen molar-refractivity contribution in [2.75, 3.05) is 52.4 Å². The van der Waals surface area contributed by atoms with Crippen LogP contribution in [0.25, 0.3) is 0 Å². The van der Waals surface area contributed by atoms with Gasteiger partial charge in [-0.15, -0.1) is 0 Å². The van der Waals surface area contributed by atoms with Crippen molar-refractivity contribution in [3.05, 3.63) is 0 Å². The summed E-state index contributed by atoms with van der Waals surface area (Å²) >= 11 is 0. The van der Waals surface area contributed by atoms with E-state index in [1.807, 2.05) is 4.90 Å². The fourth-order valence-electron chi connectivity index (χ4n) is 10.6. The molecule has 0 spiro atoms. The molecule has 6 nitrogen and oxygen atoms in total. The summed E-state index contributed by atoms with van der Waals surface area (Å²) in [6, 6.07) is 0.732. The molecule has 0 aromatic rings. The molecule has 4 aliphatic rings. The number of nitrogens with zero attached hydrogens (tertiary/aromatic N) is 1. The zero-order valence-electron chi connectivity index (χ0n) is 28.2. The zero-order valence-corrected chi connectivity index (χ0v) is 28.2. The summed E-state index contributed by atoms with van der Waals surface area (Å²) in [6.45, 7) is 17.6. The molecule has 4 rings (SSSR count). The minimum Gasteiger partial charge on any atom is -0.343 e. The summed E-state index contributed by atoms with van der Waals surface area (Å²) in [5.74, 6) is 4.97. The van der Waals surface area contributed by atoms with Gasteiger partial charge in [0.15, 0.2) is 0 Å². The number of carbonyl (C=O) groups is 1. The van der Waals surface area contributed by atoms with E-state index in [-0.39, 0.29) is 0 Å². The van der Waals surface area contributed by atoms with Crippen LogP contribution in [0.15, 0.2) is 0 Å². The van der Waals surface area contributed by atoms with Gasteiger partial charge in [0.05, 0.1) is 0 Å². The molecule has 1 amide bonds. The third-order valence-corrected chi connectivity index (χ3v) is 13.1. The molecule has 0 radical (unpaired) electrons. The maximum Gasteiger partial charge on any atom is 0.222 e. The van der Waals surface area contributed by atoms with Gasteiger partial charge in [-0.1, -0.05) is 13.8 Å². The molecule has 6 heteroatoms. The minimum atomic E-state index is 0.370. The molecule has 42 heavy (non-hydrogen) atoms. The van der Waals surface area contributed by atoms with E-state index >= 15 is 0 Å². The quantitative estimate of drug-likeness (QED) is 0.149. The molecule has 244 valence electrons. The van der Waals surface area contributed by atoms with Gasteiger partial charge in [-0.2, -0.15) is 0 Å². The Labute approximate surface area is 259 Å². The van der Waals surface area contributed by atoms with E-state index < -0.39 is 0 Å². The van der Waals surface area contributed by atoms with E-state index in [0.29, 0.717) is 16.7 Å². The molecule has 8 unspecified atom stereocenters. The van der Waals surface area contributed by atoms with E-state index in [2.05, 4.69) is 43.6 Å². The Morgan fingerprint density at radius 3 is 2.17 bits per heavy atom. The van der Waals surface area contributed by atoms with Crippen LogP contribution in [-0.4, -0.2) is 69.2 Å². The second kappa shape index (κ2) is 16.6. The Balaban J connectivity index is 1.17. The third kappa shape index (κ3) is 8.12. The normalized spacial score (nSPS) is 35.8. The van der Waals surface area contributed by atoms with Gasteiger partial charge in [0.1, 0.15) is 0 Å². The van der Waals surface area contributed by atoms with Crippen LogP contribution in [-0.2, 0) is 4.79 Å². The highest BCUT2D eigenvalue weighted by Gasteiger charge is 2.59. The monoisotopic (exact) mass is 588 g/mol. The van der Waals surface area contributed by atoms with Crippen molar-refractivity contribution in [2.45, 2.75) is 130 Å². The van der Waals surface area contributed by atoms with Gasteiger partial charge in [0.2, 0.25) is 5.91 Å². The largest absolute Gasteiger partial charge is 0.343 e. The lowest BCUT2D eigenvalue weighted by Gasteiger charge is -2.61. The number of hydrogen-bond donors (Lipinski definition) is 4. The van der Waals surface area contributed by atoms with E-state index in [9.17, 15) is 4.79 Å². The number of nitrogens with one attached hydrogen (secondary N) is 3. The number of fused-ring (bicyclic) bond motifs is 5. The molecule has 4 aliphatic carbocycles. The van der Waals surface area contributed by atoms with Crippen molar-refractivity contribution in [3.8, 4) is 0 Å². The second-order valence-electron chi connectivity index (χ2n) is 15.2. The van der Waals surface area contributed by atoms with Crippen molar-refractivity contribution in [3.63, 3.8) is 0 Å². The van der Waals surface area contributed by atoms with Crippen LogP contribution in [0.2, 0.25) is 0 Å². The van der Waals surface area contributed by atoms with Gasteiger partial charge in [-0.05, 0) is 183 Å². The maximum atomic E-state index is 12.6. The van der Waals surface area contributed by atoms with Crippen molar-refractivity contribution in [1.29, 1.82) is 0 Å². The zero-order chi connectivity index (χ0) is 30.0. The van der Waals surface area contributed by atoms with Crippen LogP contribution in [0.4, 0.5) is 0 Å². The summed E-state index contributed by atoms with van der Waals surface area (Å²) in [6.07, 6.45) is 19.6. The van der Waals surface area contributed by atoms with Gasteiger partial charge in [0.25, 0.3) is 0 Å². The molecule has 0 aromatic heterocycles. The van der Waals surface area contributed by atoms with Crippen molar-refractivity contribution < 1.29 is 4.79 Å². The Hall–Kier alpha value is -0.690. The highest BCUT2D eigenvalue weighted by Crippen LogP contribution is 2.67. The van der Waals surface area contributed by atoms with Crippen LogP contribution < -0.4 is 21.7 Å². The van der Waals surface area contributed by atoms with Gasteiger partial charge in [0, 0.05) is 25.6 Å². The summed E-state index contributed by atoms with van der Waals surface area (Å²) in [4.78, 5) is 14.6. The average molecular weight is 588 g/mol. The van der Waals surface area contributed by atoms with Crippen LogP contribution in [0, 0.1) is 40.4 Å². The Kier molecular flexibility index (Phi) is 13.5. The molecule has 0 aromatic carbocycles. The van der Waals surface area contributed by atoms with Gasteiger partial charge in [-0.25, -0.2) is 0 Å². The first kappa shape index (κ1) is 34.2. The molecule has 0 bridgehead atoms. The molecular weight excluding hydrogens is 518 g/mol. The fraction of sp³-hybridized carbons (Fsp3) is 0.972. The first-order valence-electron chi connectivity index (χ1n) is 18.5. The molecule has 0 aliphatic heterocycles. The third-order valence-electron chi connectivity index (χ3n) is 13.1. The van der Waals surface area contributed by atoms with Crippen molar-refractivity contribution >= 4 is 5.91 Å². The number of rotatable bonds is 18. The minimum absolute atomic E-state index is 0.370. The predicted octanol–water partition coefficient (Wildman–Crippen LogP) is 5.95. The summed E-state index contributed by atoms with van der Waals surface area (Å²) in [7, 11) is 0. The predicted molar refractivity (Wildman–Crippen MR) is 177 cm³/mol. The van der Waals surface area contributed by atoms with Crippen molar-refractivity contribution in [1.82, 2.24) is 20.9 Å². The number of nitrogens with two attached hydrogens (primary N) is 1. The summed E-state index contributed by atoms with van der Waals surface area (Å²) in [5.41, 5.74) is 6.64. The second-order valence-corrected chi connectivity index (χ2v) is 15.2. The summed E-state index contributed by atoms with van der Waals surface area (Å²) < 4.78 is 0. The van der Waals surface area contributed by atoms with E-state index in [1.165, 1.54) is 77.0 Å². The number of amides is 1. The first-order valence-corrected chi connectivity index (χ1v) is 18.5. The molecule has 4 saturated carbocycles. The Bertz CT molecular complexity index is 804. The smallest absolute Gasteiger partial charge is 0.222 e. The van der Waals surface area contributed by atoms with Crippen molar-refractivity contribution in [2.24, 2.45) is 46.2 Å². The van der Waals surface area contributed by atoms with Crippen LogP contribution in [0.3, 0.4) is 0 Å². The van der Waals surface area contributed by atoms with E-state index in [0.717, 1.165) is 107 Å². The standard InChI is InChI=1S/C36H69N5O/c1-5-41(6-2)34(42)12-7-11-28-14-16-32-31-15-13-29-27-30(17-19-36(29,4)33(31)18-20-35(28,32)3)40-26-10-25-39-24-9-23-38-22-8-21-37/h28-33,38-40H,5-27,37H2,1-4H3. The molecule has 8 atom stereocenters. The van der Waals surface area contributed by atoms with Crippen LogP contribution >= 0.6 is 0 Å². The van der Waals surface area contributed by atoms with E-state index in [1.54, 1.807) is 0 Å². The highest BCUT2D eigenvalue weighted by molar-refractivity contribution is 5.76. The van der Waals surface area contributed by atoms with Gasteiger partial charge < -0.3 is 26.6 Å². The van der Waals surface area contributed by atoms with Crippen LogP contribution in [0.5, 0.6) is 0 Å². The molecular formula is C36H69N5O. The van der Waals surface area contributed by atoms with Crippen LogP contribution in [0.1, 0.15) is 124 Å². The first-order chi connectivity index (χ1) is 20.4. The van der Waals surface area contributed by atoms with E-state index in [4.69, 9.17) is 5.73 Å². The highest BCUT2D eigenvalue weighted by atomic mass is 16.2. The summed E-state index contributed by atoms with van der Waals surface area (Å²) in [5, 5.41) is 11.1. The SMILES string of the molecule is CCN(CC)C(=O)CCCC1CCC2C3CCC4CC(NCCCNCCCNCCCN)CCC4(C)C3CCC12C. The maximum absolute atomic E-state index is 12.6. The van der Waals surface area contributed by atoms with Gasteiger partial charge in [-0.3, -0.25) is 4.79 Å². The molecule has 4 fully saturated rings. The average Bonchev–Trinajstić information content (AvgIpc) is 3.32. The number of carbonyl (C=O) groups excluding carboxylic acids is 1. The number of hydrogen-bond acceptors (Lipinski definition) is 5. The van der Waals surface area contributed by atoms with Gasteiger partial charge >= 0.3 is 0 Å². The Morgan fingerprint density at radius 2 is 1.45 bits per heavy atom. The lowest BCUT2D eigenvalue weighted by Crippen LogP contribution is -2.55. The Morgan fingerprint density at radius 1 is 0.786 bits per heavy atom. The molecule has 0 heterocycles. The fourth-order valence-corrected chi connectivity index (χ4v) is 10.6. The molecule has 0 saturated heterocycles.